The molecule has 0 N–H and O–H groups in total. The van der Waals surface area contributed by atoms with Crippen molar-refractivity contribution in [3.8, 4) is 0 Å². The second-order valence-electron chi connectivity index (χ2n) is 5.41. The van der Waals surface area contributed by atoms with Crippen LogP contribution in [0, 0.1) is 23.2 Å². The van der Waals surface area contributed by atoms with Crippen molar-refractivity contribution in [3.63, 3.8) is 0 Å². The second-order valence-corrected chi connectivity index (χ2v) is 5.41. The van der Waals surface area contributed by atoms with E-state index in [2.05, 4.69) is 27.7 Å². The molecule has 0 amide bonds. The van der Waals surface area contributed by atoms with E-state index >= 15 is 0 Å². The third kappa shape index (κ3) is 2.10. The molecule has 0 saturated heterocycles. The Kier molecular flexibility index (Phi) is 3.23. The molecule has 14 heavy (non-hydrogen) atoms. The number of carbonyl (C=O) groups excluding carboxylic acids is 1. The van der Waals surface area contributed by atoms with Crippen LogP contribution in [0.15, 0.2) is 0 Å². The molecule has 2 atom stereocenters. The number of esters is 1. The van der Waals surface area contributed by atoms with Crippen molar-refractivity contribution in [2.75, 3.05) is 6.61 Å². The topological polar surface area (TPSA) is 26.3 Å². The highest BCUT2D eigenvalue weighted by Crippen LogP contribution is 2.54. The van der Waals surface area contributed by atoms with E-state index in [0.717, 1.165) is 11.8 Å². The van der Waals surface area contributed by atoms with Gasteiger partial charge in [-0.3, -0.25) is 4.79 Å². The van der Waals surface area contributed by atoms with E-state index in [4.69, 9.17) is 4.74 Å². The summed E-state index contributed by atoms with van der Waals surface area (Å²) in [4.78, 5) is 10.7. The Morgan fingerprint density at radius 3 is 2.43 bits per heavy atom. The quantitative estimate of drug-likeness (QED) is 0.652. The maximum atomic E-state index is 10.7. The first kappa shape index (κ1) is 11.5. The van der Waals surface area contributed by atoms with Crippen LogP contribution in [0.25, 0.3) is 0 Å². The summed E-state index contributed by atoms with van der Waals surface area (Å²) in [5.74, 6) is 1.91. The third-order valence-electron chi connectivity index (χ3n) is 3.84. The van der Waals surface area contributed by atoms with Crippen molar-refractivity contribution >= 4 is 5.97 Å². The highest BCUT2D eigenvalue weighted by Gasteiger charge is 2.49. The first-order valence-electron chi connectivity index (χ1n) is 5.49. The van der Waals surface area contributed by atoms with Crippen molar-refractivity contribution in [2.24, 2.45) is 23.2 Å². The van der Waals surface area contributed by atoms with Gasteiger partial charge in [0.25, 0.3) is 0 Å². The van der Waals surface area contributed by atoms with Crippen LogP contribution in [0.3, 0.4) is 0 Å². The summed E-state index contributed by atoms with van der Waals surface area (Å²) in [5, 5.41) is 0. The zero-order chi connectivity index (χ0) is 10.9. The molecule has 0 aromatic carbocycles. The lowest BCUT2D eigenvalue weighted by molar-refractivity contribution is -0.150. The molecule has 1 saturated carbocycles. The fourth-order valence-electron chi connectivity index (χ4n) is 2.69. The van der Waals surface area contributed by atoms with Gasteiger partial charge in [0, 0.05) is 6.92 Å². The summed E-state index contributed by atoms with van der Waals surface area (Å²) in [7, 11) is 0. The van der Waals surface area contributed by atoms with Gasteiger partial charge in [-0.1, -0.05) is 27.7 Å². The largest absolute Gasteiger partial charge is 0.466 e. The van der Waals surface area contributed by atoms with Crippen molar-refractivity contribution in [1.82, 2.24) is 0 Å². The Hall–Kier alpha value is -0.530. The maximum absolute atomic E-state index is 10.7. The maximum Gasteiger partial charge on any atom is 0.302 e. The smallest absolute Gasteiger partial charge is 0.302 e. The number of carbonyl (C=O) groups is 1. The summed E-state index contributed by atoms with van der Waals surface area (Å²) in [6, 6.07) is 0. The standard InChI is InChI=1S/C12H22O2/c1-8(2)11-6-10(12(11,4)5)7-14-9(3)13/h8,10-11H,6-7H2,1-5H3. The zero-order valence-corrected chi connectivity index (χ0v) is 9.96. The lowest BCUT2D eigenvalue weighted by Gasteiger charge is -2.54. The van der Waals surface area contributed by atoms with Crippen molar-refractivity contribution in [3.05, 3.63) is 0 Å². The molecule has 0 aromatic heterocycles. The minimum absolute atomic E-state index is 0.159. The molecule has 1 aliphatic carbocycles. The van der Waals surface area contributed by atoms with Gasteiger partial charge in [0.05, 0.1) is 6.61 Å². The minimum atomic E-state index is -0.159. The van der Waals surface area contributed by atoms with Gasteiger partial charge in [0.2, 0.25) is 0 Å². The Balaban J connectivity index is 2.42. The number of rotatable bonds is 3. The summed E-state index contributed by atoms with van der Waals surface area (Å²) >= 11 is 0. The Bertz CT molecular complexity index is 218. The average molecular weight is 198 g/mol. The average Bonchev–Trinajstić information content (AvgIpc) is 2.00. The lowest BCUT2D eigenvalue weighted by atomic mass is 9.52. The number of hydrogen-bond acceptors (Lipinski definition) is 2. The normalized spacial score (nSPS) is 29.9. The highest BCUT2D eigenvalue weighted by atomic mass is 16.5. The fourth-order valence-corrected chi connectivity index (χ4v) is 2.69. The SMILES string of the molecule is CC(=O)OCC1CC(C(C)C)C1(C)C. The van der Waals surface area contributed by atoms with Gasteiger partial charge in [-0.15, -0.1) is 0 Å². The van der Waals surface area contributed by atoms with Gasteiger partial charge >= 0.3 is 5.97 Å². The molecule has 2 nitrogen and oxygen atoms in total. The van der Waals surface area contributed by atoms with Crippen LogP contribution in [0.2, 0.25) is 0 Å². The van der Waals surface area contributed by atoms with E-state index < -0.39 is 0 Å². The van der Waals surface area contributed by atoms with Gasteiger partial charge in [-0.2, -0.15) is 0 Å². The van der Waals surface area contributed by atoms with Crippen LogP contribution in [0.1, 0.15) is 41.0 Å². The van der Waals surface area contributed by atoms with Crippen LogP contribution in [-0.4, -0.2) is 12.6 Å². The van der Waals surface area contributed by atoms with Gasteiger partial charge in [-0.05, 0) is 29.6 Å². The molecule has 1 rings (SSSR count). The lowest BCUT2D eigenvalue weighted by Crippen LogP contribution is -2.49. The van der Waals surface area contributed by atoms with Gasteiger partial charge < -0.3 is 4.74 Å². The second kappa shape index (κ2) is 3.92. The molecule has 2 heteroatoms. The van der Waals surface area contributed by atoms with E-state index in [1.54, 1.807) is 0 Å². The van der Waals surface area contributed by atoms with E-state index in [1.807, 2.05) is 0 Å². The van der Waals surface area contributed by atoms with Crippen LogP contribution < -0.4 is 0 Å². The third-order valence-corrected chi connectivity index (χ3v) is 3.84. The monoisotopic (exact) mass is 198 g/mol. The van der Waals surface area contributed by atoms with Crippen LogP contribution in [0.5, 0.6) is 0 Å². The molecule has 0 spiro atoms. The molecule has 1 aliphatic rings. The molecular formula is C12H22O2. The zero-order valence-electron chi connectivity index (χ0n) is 9.96. The van der Waals surface area contributed by atoms with E-state index in [9.17, 15) is 4.79 Å². The van der Waals surface area contributed by atoms with Gasteiger partial charge in [0.1, 0.15) is 0 Å². The van der Waals surface area contributed by atoms with Gasteiger partial charge in [0.15, 0.2) is 0 Å². The van der Waals surface area contributed by atoms with Crippen molar-refractivity contribution < 1.29 is 9.53 Å². The molecule has 0 bridgehead atoms. The molecule has 0 aromatic rings. The Morgan fingerprint density at radius 1 is 1.50 bits per heavy atom. The highest BCUT2D eigenvalue weighted by molar-refractivity contribution is 5.65. The molecule has 0 heterocycles. The summed E-state index contributed by atoms with van der Waals surface area (Å²) in [6.07, 6.45) is 1.21. The predicted molar refractivity (Wildman–Crippen MR) is 56.8 cm³/mol. The number of ether oxygens (including phenoxy) is 1. The number of hydrogen-bond donors (Lipinski definition) is 0. The molecular weight excluding hydrogens is 176 g/mol. The van der Waals surface area contributed by atoms with Crippen molar-refractivity contribution in [2.45, 2.75) is 41.0 Å². The van der Waals surface area contributed by atoms with E-state index in [0.29, 0.717) is 17.9 Å². The molecule has 1 fully saturated rings. The molecule has 0 radical (unpaired) electrons. The van der Waals surface area contributed by atoms with Crippen LogP contribution >= 0.6 is 0 Å². The molecule has 2 unspecified atom stereocenters. The van der Waals surface area contributed by atoms with Crippen molar-refractivity contribution in [1.29, 1.82) is 0 Å². The molecule has 0 aliphatic heterocycles. The first-order chi connectivity index (χ1) is 6.35. The summed E-state index contributed by atoms with van der Waals surface area (Å²) in [6.45, 7) is 11.2. The van der Waals surface area contributed by atoms with E-state index in [-0.39, 0.29) is 5.97 Å². The molecule has 82 valence electrons. The van der Waals surface area contributed by atoms with Crippen LogP contribution in [-0.2, 0) is 9.53 Å². The van der Waals surface area contributed by atoms with Crippen LogP contribution in [0.4, 0.5) is 0 Å². The van der Waals surface area contributed by atoms with Gasteiger partial charge in [-0.25, -0.2) is 0 Å². The summed E-state index contributed by atoms with van der Waals surface area (Å²) < 4.78 is 5.07. The minimum Gasteiger partial charge on any atom is -0.466 e. The summed E-state index contributed by atoms with van der Waals surface area (Å²) in [5.41, 5.74) is 0.337. The Labute approximate surface area is 87.0 Å². The Morgan fingerprint density at radius 2 is 2.07 bits per heavy atom. The predicted octanol–water partition coefficient (Wildman–Crippen LogP) is 2.87. The fraction of sp³-hybridized carbons (Fsp3) is 0.917. The van der Waals surface area contributed by atoms with E-state index in [1.165, 1.54) is 13.3 Å². The first-order valence-corrected chi connectivity index (χ1v) is 5.49.